The third-order valence-electron chi connectivity index (χ3n) is 6.14. The number of nitrogens with zero attached hydrogens (tertiary/aromatic N) is 1. The smallest absolute Gasteiger partial charge is 0.255 e. The average molecular weight is 493 g/mol. The maximum Gasteiger partial charge on any atom is 0.255 e. The van der Waals surface area contributed by atoms with Crippen LogP contribution in [0.15, 0.2) is 40.9 Å². The highest BCUT2D eigenvalue weighted by atomic mass is 79.9. The van der Waals surface area contributed by atoms with Crippen LogP contribution in [0.2, 0.25) is 5.02 Å². The highest BCUT2D eigenvalue weighted by molar-refractivity contribution is 9.10. The van der Waals surface area contributed by atoms with Crippen molar-refractivity contribution < 1.29 is 9.53 Å². The van der Waals surface area contributed by atoms with Gasteiger partial charge < -0.3 is 15.8 Å². The first-order chi connectivity index (χ1) is 14.4. The van der Waals surface area contributed by atoms with Crippen molar-refractivity contribution in [1.29, 1.82) is 0 Å². The number of carbonyl (C=O) groups excluding carboxylic acids is 1. The second kappa shape index (κ2) is 9.16. The van der Waals surface area contributed by atoms with Crippen LogP contribution in [0.25, 0.3) is 0 Å². The molecule has 0 aliphatic carbocycles. The molecule has 2 saturated heterocycles. The Labute approximate surface area is 191 Å². The zero-order chi connectivity index (χ0) is 21.3. The van der Waals surface area contributed by atoms with Crippen molar-refractivity contribution >= 4 is 39.1 Å². The van der Waals surface area contributed by atoms with Gasteiger partial charge in [-0.25, -0.2) is 0 Å². The summed E-state index contributed by atoms with van der Waals surface area (Å²) in [5.41, 5.74) is 8.33. The van der Waals surface area contributed by atoms with Gasteiger partial charge in [-0.15, -0.1) is 0 Å². The van der Waals surface area contributed by atoms with Gasteiger partial charge in [-0.1, -0.05) is 23.7 Å². The zero-order valence-electron chi connectivity index (χ0n) is 17.0. The van der Waals surface area contributed by atoms with Gasteiger partial charge in [-0.3, -0.25) is 9.69 Å². The lowest BCUT2D eigenvalue weighted by molar-refractivity contribution is 0.0825. The van der Waals surface area contributed by atoms with Gasteiger partial charge in [0, 0.05) is 45.9 Å². The van der Waals surface area contributed by atoms with E-state index in [2.05, 4.69) is 38.3 Å². The number of fused-ring (bicyclic) bond motifs is 2. The van der Waals surface area contributed by atoms with E-state index in [1.807, 2.05) is 19.1 Å². The van der Waals surface area contributed by atoms with Gasteiger partial charge in [0.1, 0.15) is 5.75 Å². The van der Waals surface area contributed by atoms with Gasteiger partial charge >= 0.3 is 0 Å². The van der Waals surface area contributed by atoms with E-state index < -0.39 is 0 Å². The minimum Gasteiger partial charge on any atom is -0.493 e. The van der Waals surface area contributed by atoms with E-state index in [0.717, 1.165) is 24.4 Å². The van der Waals surface area contributed by atoms with Crippen LogP contribution >= 0.6 is 27.5 Å². The molecule has 5 nitrogen and oxygen atoms in total. The SMILES string of the molecule is CCOc1cc(N)c(Br)cc1C(=O)NC1CC2CCC(C1)N2Cc1ccc(Cl)cc1. The lowest BCUT2D eigenvalue weighted by Crippen LogP contribution is -2.50. The standard InChI is InChI=1S/C23H27BrClN3O2/c1-2-30-22-12-21(26)20(24)11-19(22)23(29)27-16-9-17-7-8-18(10-16)28(17)13-14-3-5-15(25)6-4-14/h3-6,11-12,16-18H,2,7-10,13,26H2,1H3,(H,27,29). The van der Waals surface area contributed by atoms with Gasteiger partial charge in [-0.2, -0.15) is 0 Å². The molecule has 3 N–H and O–H groups in total. The monoisotopic (exact) mass is 491 g/mol. The highest BCUT2D eigenvalue weighted by Crippen LogP contribution is 2.37. The fourth-order valence-electron chi connectivity index (χ4n) is 4.74. The van der Waals surface area contributed by atoms with Gasteiger partial charge in [0.25, 0.3) is 5.91 Å². The summed E-state index contributed by atoms with van der Waals surface area (Å²) in [6, 6.07) is 12.7. The molecule has 2 aromatic carbocycles. The average Bonchev–Trinajstić information content (AvgIpc) is 2.94. The van der Waals surface area contributed by atoms with Gasteiger partial charge in [-0.05, 0) is 72.3 Å². The first kappa shape index (κ1) is 21.5. The molecule has 30 heavy (non-hydrogen) atoms. The summed E-state index contributed by atoms with van der Waals surface area (Å²) in [5.74, 6) is 0.425. The number of hydrogen-bond acceptors (Lipinski definition) is 4. The Morgan fingerprint density at radius 1 is 1.23 bits per heavy atom. The summed E-state index contributed by atoms with van der Waals surface area (Å²) >= 11 is 9.44. The van der Waals surface area contributed by atoms with Crippen molar-refractivity contribution in [3.8, 4) is 5.75 Å². The van der Waals surface area contributed by atoms with E-state index in [0.29, 0.717) is 40.2 Å². The van der Waals surface area contributed by atoms with E-state index in [-0.39, 0.29) is 11.9 Å². The number of halogens is 2. The summed E-state index contributed by atoms with van der Waals surface area (Å²) < 4.78 is 6.35. The molecule has 160 valence electrons. The second-order valence-electron chi connectivity index (χ2n) is 8.13. The fraction of sp³-hybridized carbons (Fsp3) is 0.435. The number of benzene rings is 2. The van der Waals surface area contributed by atoms with Crippen molar-refractivity contribution in [1.82, 2.24) is 10.2 Å². The molecule has 2 unspecified atom stereocenters. The molecule has 0 radical (unpaired) electrons. The summed E-state index contributed by atoms with van der Waals surface area (Å²) in [4.78, 5) is 15.6. The number of anilines is 1. The molecule has 7 heteroatoms. The molecule has 2 aliphatic heterocycles. The lowest BCUT2D eigenvalue weighted by Gasteiger charge is -2.39. The summed E-state index contributed by atoms with van der Waals surface area (Å²) in [6.07, 6.45) is 4.30. The molecule has 1 amide bonds. The van der Waals surface area contributed by atoms with E-state index in [9.17, 15) is 4.79 Å². The molecule has 2 heterocycles. The van der Waals surface area contributed by atoms with Crippen molar-refractivity contribution in [2.75, 3.05) is 12.3 Å². The van der Waals surface area contributed by atoms with Crippen LogP contribution < -0.4 is 15.8 Å². The first-order valence-corrected chi connectivity index (χ1v) is 11.6. The van der Waals surface area contributed by atoms with Crippen molar-refractivity contribution in [2.24, 2.45) is 0 Å². The molecule has 2 fully saturated rings. The molecule has 4 rings (SSSR count). The van der Waals surface area contributed by atoms with Crippen LogP contribution in [0.4, 0.5) is 5.69 Å². The third kappa shape index (κ3) is 4.61. The molecule has 2 aromatic rings. The van der Waals surface area contributed by atoms with Crippen LogP contribution in [0.1, 0.15) is 48.5 Å². The number of nitrogen functional groups attached to an aromatic ring is 1. The Bertz CT molecular complexity index is 907. The topological polar surface area (TPSA) is 67.6 Å². The van der Waals surface area contributed by atoms with Gasteiger partial charge in [0.15, 0.2) is 0 Å². The van der Waals surface area contributed by atoms with Crippen LogP contribution in [0.5, 0.6) is 5.75 Å². The molecule has 2 aliphatic rings. The first-order valence-electron chi connectivity index (χ1n) is 10.5. The lowest BCUT2D eigenvalue weighted by atomic mass is 9.96. The molecule has 2 bridgehead atoms. The maximum atomic E-state index is 13.0. The van der Waals surface area contributed by atoms with Gasteiger partial charge in [0.05, 0.1) is 12.2 Å². The largest absolute Gasteiger partial charge is 0.493 e. The summed E-state index contributed by atoms with van der Waals surface area (Å²) in [5, 5.41) is 4.02. The number of nitrogens with two attached hydrogens (primary N) is 1. The van der Waals surface area contributed by atoms with Crippen molar-refractivity contribution in [3.63, 3.8) is 0 Å². The summed E-state index contributed by atoms with van der Waals surface area (Å²) in [6.45, 7) is 3.31. The number of amides is 1. The highest BCUT2D eigenvalue weighted by Gasteiger charge is 2.41. The van der Waals surface area contributed by atoms with Gasteiger partial charge in [0.2, 0.25) is 0 Å². The van der Waals surface area contributed by atoms with E-state index >= 15 is 0 Å². The van der Waals surface area contributed by atoms with E-state index in [1.165, 1.54) is 18.4 Å². The Morgan fingerprint density at radius 2 is 1.90 bits per heavy atom. The molecular weight excluding hydrogens is 466 g/mol. The number of carbonyl (C=O) groups is 1. The zero-order valence-corrected chi connectivity index (χ0v) is 19.4. The van der Waals surface area contributed by atoms with Crippen LogP contribution in [0, 0.1) is 0 Å². The Morgan fingerprint density at radius 3 is 2.53 bits per heavy atom. The quantitative estimate of drug-likeness (QED) is 0.556. The molecule has 0 aromatic heterocycles. The Hall–Kier alpha value is -1.76. The number of piperidine rings is 1. The Balaban J connectivity index is 1.42. The minimum atomic E-state index is -0.102. The maximum absolute atomic E-state index is 13.0. The normalized spacial score (nSPS) is 23.4. The van der Waals surface area contributed by atoms with E-state index in [4.69, 9.17) is 22.1 Å². The third-order valence-corrected chi connectivity index (χ3v) is 7.08. The number of rotatable bonds is 6. The predicted octanol–water partition coefficient (Wildman–Crippen LogP) is 5.01. The number of nitrogens with one attached hydrogen (secondary N) is 1. The van der Waals surface area contributed by atoms with Crippen LogP contribution in [-0.4, -0.2) is 35.5 Å². The van der Waals surface area contributed by atoms with Crippen LogP contribution in [0.3, 0.4) is 0 Å². The number of hydrogen-bond donors (Lipinski definition) is 2. The molecule has 0 saturated carbocycles. The van der Waals surface area contributed by atoms with Crippen LogP contribution in [-0.2, 0) is 6.54 Å². The van der Waals surface area contributed by atoms with Crippen molar-refractivity contribution in [3.05, 3.63) is 57.0 Å². The predicted molar refractivity (Wildman–Crippen MR) is 124 cm³/mol. The second-order valence-corrected chi connectivity index (χ2v) is 9.42. The number of ether oxygens (including phenoxy) is 1. The Kier molecular flexibility index (Phi) is 6.56. The molecular formula is C23H27BrClN3O2. The minimum absolute atomic E-state index is 0.102. The summed E-state index contributed by atoms with van der Waals surface area (Å²) in [7, 11) is 0. The van der Waals surface area contributed by atoms with Crippen molar-refractivity contribution in [2.45, 2.75) is 57.3 Å². The molecule has 2 atom stereocenters. The molecule has 0 spiro atoms. The van der Waals surface area contributed by atoms with E-state index in [1.54, 1.807) is 12.1 Å². The fourth-order valence-corrected chi connectivity index (χ4v) is 5.20.